The average molecular weight is 290 g/mol. The van der Waals surface area contributed by atoms with Crippen LogP contribution in [0.15, 0.2) is 24.3 Å². The zero-order chi connectivity index (χ0) is 14.5. The Hall–Kier alpha value is -1.29. The van der Waals surface area contributed by atoms with E-state index in [0.717, 1.165) is 29.8 Å². The molecule has 3 nitrogen and oxygen atoms in total. The van der Waals surface area contributed by atoms with E-state index in [1.807, 2.05) is 18.2 Å². The van der Waals surface area contributed by atoms with Crippen molar-refractivity contribution in [3.63, 3.8) is 0 Å². The first-order chi connectivity index (χ1) is 9.65. The van der Waals surface area contributed by atoms with Crippen molar-refractivity contribution in [2.75, 3.05) is 5.75 Å². The van der Waals surface area contributed by atoms with E-state index in [0.29, 0.717) is 17.4 Å². The quantitative estimate of drug-likeness (QED) is 0.780. The number of carbonyl (C=O) groups excluding carboxylic acids is 1. The third-order valence-electron chi connectivity index (χ3n) is 3.51. The Morgan fingerprint density at radius 2 is 2.10 bits per heavy atom. The van der Waals surface area contributed by atoms with Crippen LogP contribution in [-0.2, 0) is 17.8 Å². The Labute approximate surface area is 124 Å². The lowest BCUT2D eigenvalue weighted by atomic mass is 10.3. The third-order valence-corrected chi connectivity index (χ3v) is 4.90. The zero-order valence-corrected chi connectivity index (χ0v) is 13.2. The van der Waals surface area contributed by atoms with E-state index in [1.54, 1.807) is 11.8 Å². The molecule has 0 spiro atoms. The van der Waals surface area contributed by atoms with Gasteiger partial charge in [0.2, 0.25) is 0 Å². The number of hydrogen-bond acceptors (Lipinski definition) is 3. The highest BCUT2D eigenvalue weighted by atomic mass is 32.2. The van der Waals surface area contributed by atoms with Crippen molar-refractivity contribution in [3.8, 4) is 0 Å². The van der Waals surface area contributed by atoms with Gasteiger partial charge in [0.25, 0.3) is 0 Å². The maximum absolute atomic E-state index is 12.1. The minimum absolute atomic E-state index is 0.264. The molecule has 108 valence electrons. The van der Waals surface area contributed by atoms with Crippen LogP contribution in [0.2, 0.25) is 0 Å². The number of benzene rings is 1. The SMILES string of the molecule is CCC(C)SCC(=O)Cc1nc2ccccc2n1CC. The highest BCUT2D eigenvalue weighted by molar-refractivity contribution is 8.00. The van der Waals surface area contributed by atoms with Gasteiger partial charge in [0, 0.05) is 11.8 Å². The molecule has 1 atom stereocenters. The van der Waals surface area contributed by atoms with Gasteiger partial charge in [-0.25, -0.2) is 4.98 Å². The molecule has 20 heavy (non-hydrogen) atoms. The molecule has 0 fully saturated rings. The summed E-state index contributed by atoms with van der Waals surface area (Å²) >= 11 is 1.74. The number of carbonyl (C=O) groups is 1. The number of hydrogen-bond donors (Lipinski definition) is 0. The van der Waals surface area contributed by atoms with E-state index < -0.39 is 0 Å². The van der Waals surface area contributed by atoms with E-state index in [2.05, 4.69) is 36.4 Å². The van der Waals surface area contributed by atoms with Crippen LogP contribution in [-0.4, -0.2) is 26.3 Å². The van der Waals surface area contributed by atoms with E-state index in [4.69, 9.17) is 0 Å². The Bertz CT molecular complexity index is 591. The Morgan fingerprint density at radius 3 is 2.80 bits per heavy atom. The molecular formula is C16H22N2OS. The van der Waals surface area contributed by atoms with Gasteiger partial charge in [-0.1, -0.05) is 26.0 Å². The smallest absolute Gasteiger partial charge is 0.150 e. The van der Waals surface area contributed by atoms with Gasteiger partial charge < -0.3 is 4.57 Å². The summed E-state index contributed by atoms with van der Waals surface area (Å²) in [4.78, 5) is 16.7. The first-order valence-electron chi connectivity index (χ1n) is 7.23. The maximum atomic E-state index is 12.1. The second kappa shape index (κ2) is 6.93. The van der Waals surface area contributed by atoms with Gasteiger partial charge >= 0.3 is 0 Å². The molecule has 0 N–H and O–H groups in total. The predicted octanol–water partition coefficient (Wildman–Crippen LogP) is 3.70. The molecule has 0 saturated heterocycles. The van der Waals surface area contributed by atoms with Crippen LogP contribution < -0.4 is 0 Å². The number of ketones is 1. The summed E-state index contributed by atoms with van der Waals surface area (Å²) < 4.78 is 2.14. The average Bonchev–Trinajstić information content (AvgIpc) is 2.81. The standard InChI is InChI=1S/C16H22N2OS/c1-4-12(3)20-11-13(19)10-16-17-14-8-6-7-9-15(14)18(16)5-2/h6-9,12H,4-5,10-11H2,1-3H3. The van der Waals surface area contributed by atoms with Gasteiger partial charge in [-0.05, 0) is 25.5 Å². The first kappa shape index (κ1) is 15.1. The number of nitrogens with zero attached hydrogens (tertiary/aromatic N) is 2. The molecule has 1 heterocycles. The van der Waals surface area contributed by atoms with Crippen molar-refractivity contribution >= 4 is 28.6 Å². The van der Waals surface area contributed by atoms with Crippen LogP contribution in [0.3, 0.4) is 0 Å². The van der Waals surface area contributed by atoms with E-state index >= 15 is 0 Å². The van der Waals surface area contributed by atoms with Gasteiger partial charge in [0.05, 0.1) is 23.2 Å². The van der Waals surface area contributed by atoms with Crippen LogP contribution in [0.4, 0.5) is 0 Å². The number of para-hydroxylation sites is 2. The number of aromatic nitrogens is 2. The number of rotatable bonds is 7. The van der Waals surface area contributed by atoms with Gasteiger partial charge in [-0.15, -0.1) is 0 Å². The molecule has 0 aliphatic carbocycles. The van der Waals surface area contributed by atoms with Crippen molar-refractivity contribution in [2.24, 2.45) is 0 Å². The molecule has 0 radical (unpaired) electrons. The van der Waals surface area contributed by atoms with E-state index in [9.17, 15) is 4.79 Å². The van der Waals surface area contributed by atoms with E-state index in [1.165, 1.54) is 0 Å². The van der Waals surface area contributed by atoms with Gasteiger partial charge in [0.1, 0.15) is 11.6 Å². The van der Waals surface area contributed by atoms with Crippen molar-refractivity contribution in [1.29, 1.82) is 0 Å². The lowest BCUT2D eigenvalue weighted by Gasteiger charge is -2.08. The maximum Gasteiger partial charge on any atom is 0.150 e. The molecule has 1 aromatic carbocycles. The molecule has 0 saturated carbocycles. The molecule has 1 aromatic heterocycles. The summed E-state index contributed by atoms with van der Waals surface area (Å²) in [6.45, 7) is 7.26. The number of aryl methyl sites for hydroxylation is 1. The number of Topliss-reactive ketones (excluding diaryl/α,β-unsaturated/α-hetero) is 1. The van der Waals surface area contributed by atoms with Crippen molar-refractivity contribution in [3.05, 3.63) is 30.1 Å². The minimum Gasteiger partial charge on any atom is -0.328 e. The molecule has 2 aromatic rings. The summed E-state index contributed by atoms with van der Waals surface area (Å²) in [5.74, 6) is 1.74. The molecule has 0 amide bonds. The van der Waals surface area contributed by atoms with Crippen molar-refractivity contribution in [2.45, 2.75) is 45.4 Å². The molecule has 2 rings (SSSR count). The molecule has 0 aliphatic heterocycles. The normalized spacial score (nSPS) is 12.8. The Morgan fingerprint density at radius 1 is 1.35 bits per heavy atom. The second-order valence-corrected chi connectivity index (χ2v) is 6.43. The molecule has 0 aliphatic rings. The second-order valence-electron chi connectivity index (χ2n) is 5.01. The van der Waals surface area contributed by atoms with Crippen LogP contribution in [0.5, 0.6) is 0 Å². The highest BCUT2D eigenvalue weighted by Crippen LogP contribution is 2.18. The molecule has 0 bridgehead atoms. The predicted molar refractivity (Wildman–Crippen MR) is 86.3 cm³/mol. The monoisotopic (exact) mass is 290 g/mol. The minimum atomic E-state index is 0.264. The largest absolute Gasteiger partial charge is 0.328 e. The molecule has 4 heteroatoms. The lowest BCUT2D eigenvalue weighted by Crippen LogP contribution is -2.12. The summed E-state index contributed by atoms with van der Waals surface area (Å²) in [6, 6.07) is 8.07. The fourth-order valence-electron chi connectivity index (χ4n) is 2.19. The van der Waals surface area contributed by atoms with Crippen LogP contribution in [0.1, 0.15) is 33.0 Å². The molecular weight excluding hydrogens is 268 g/mol. The fourth-order valence-corrected chi connectivity index (χ4v) is 3.00. The summed E-state index contributed by atoms with van der Waals surface area (Å²) in [6.07, 6.45) is 1.54. The van der Waals surface area contributed by atoms with Crippen molar-refractivity contribution in [1.82, 2.24) is 9.55 Å². The Kier molecular flexibility index (Phi) is 5.24. The van der Waals surface area contributed by atoms with Crippen LogP contribution in [0, 0.1) is 0 Å². The third kappa shape index (κ3) is 3.42. The number of imidazole rings is 1. The summed E-state index contributed by atoms with van der Waals surface area (Å²) in [7, 11) is 0. The topological polar surface area (TPSA) is 34.9 Å². The summed E-state index contributed by atoms with van der Waals surface area (Å²) in [5, 5.41) is 0.545. The van der Waals surface area contributed by atoms with Crippen molar-refractivity contribution < 1.29 is 4.79 Å². The lowest BCUT2D eigenvalue weighted by molar-refractivity contribution is -0.116. The molecule has 1 unspecified atom stereocenters. The zero-order valence-electron chi connectivity index (χ0n) is 12.4. The fraction of sp³-hybridized carbons (Fsp3) is 0.500. The summed E-state index contributed by atoms with van der Waals surface area (Å²) in [5.41, 5.74) is 2.10. The van der Waals surface area contributed by atoms with Gasteiger partial charge in [-0.3, -0.25) is 4.79 Å². The van der Waals surface area contributed by atoms with Crippen LogP contribution >= 0.6 is 11.8 Å². The number of thioether (sulfide) groups is 1. The Balaban J connectivity index is 2.11. The van der Waals surface area contributed by atoms with Crippen LogP contribution in [0.25, 0.3) is 11.0 Å². The number of fused-ring (bicyclic) bond motifs is 1. The highest BCUT2D eigenvalue weighted by Gasteiger charge is 2.13. The van der Waals surface area contributed by atoms with Gasteiger partial charge in [-0.2, -0.15) is 11.8 Å². The van der Waals surface area contributed by atoms with Gasteiger partial charge in [0.15, 0.2) is 0 Å². The first-order valence-corrected chi connectivity index (χ1v) is 8.28. The van der Waals surface area contributed by atoms with E-state index in [-0.39, 0.29) is 5.78 Å².